The average molecular weight is 302 g/mol. The van der Waals surface area contributed by atoms with Gasteiger partial charge in [0.15, 0.2) is 11.3 Å². The molecule has 0 aliphatic heterocycles. The molecule has 1 rings (SSSR count). The molecule has 0 fully saturated rings. The molecule has 0 saturated carbocycles. The number of methoxy groups -OCH3 is 1. The molecule has 1 atom stereocenters. The molecule has 22 heavy (non-hydrogen) atoms. The van der Waals surface area contributed by atoms with Crippen molar-refractivity contribution < 1.29 is 14.3 Å². The number of nitrogens with one attached hydrogen (secondary N) is 1. The van der Waals surface area contributed by atoms with Crippen molar-refractivity contribution >= 4 is 11.8 Å². The smallest absolute Gasteiger partial charge is 0.334 e. The summed E-state index contributed by atoms with van der Waals surface area (Å²) >= 11 is 0. The highest BCUT2D eigenvalue weighted by Crippen LogP contribution is 2.34. The molecule has 1 aromatic carbocycles. The summed E-state index contributed by atoms with van der Waals surface area (Å²) in [6, 6.07) is 11.3. The maximum Gasteiger partial charge on any atom is 0.334 e. The highest BCUT2D eigenvalue weighted by molar-refractivity contribution is 6.10. The molecule has 0 aliphatic carbocycles. The van der Waals surface area contributed by atoms with Gasteiger partial charge in [-0.15, -0.1) is 0 Å². The van der Waals surface area contributed by atoms with Gasteiger partial charge in [-0.25, -0.2) is 4.79 Å². The largest absolute Gasteiger partial charge is 0.467 e. The molecule has 1 N–H and O–H groups in total. The minimum Gasteiger partial charge on any atom is -0.467 e. The quantitative estimate of drug-likeness (QED) is 0.644. The van der Waals surface area contributed by atoms with Crippen LogP contribution in [0.3, 0.4) is 0 Å². The van der Waals surface area contributed by atoms with Crippen molar-refractivity contribution in [2.45, 2.75) is 39.3 Å². The molecule has 1 unspecified atom stereocenters. The molecule has 0 aliphatic rings. The van der Waals surface area contributed by atoms with Crippen LogP contribution in [0.25, 0.3) is 0 Å². The number of esters is 1. The standard InChI is InChI=1S/C17H22N2O3/c1-16(2,3)17(15(21)22-4,14(20)10-11-18)19-12-13-8-6-5-7-9-13/h5-9,19H,10,12H2,1-4H3. The van der Waals surface area contributed by atoms with Gasteiger partial charge in [0.25, 0.3) is 0 Å². The van der Waals surface area contributed by atoms with E-state index in [4.69, 9.17) is 10.00 Å². The molecule has 0 bridgehead atoms. The third-order valence-corrected chi connectivity index (χ3v) is 3.67. The molecule has 118 valence electrons. The van der Waals surface area contributed by atoms with E-state index >= 15 is 0 Å². The Hall–Kier alpha value is -2.19. The number of ether oxygens (including phenoxy) is 1. The predicted molar refractivity (Wildman–Crippen MR) is 82.7 cm³/mol. The molecule has 0 amide bonds. The molecular weight excluding hydrogens is 280 g/mol. The van der Waals surface area contributed by atoms with Crippen LogP contribution in [0, 0.1) is 16.7 Å². The normalized spacial score (nSPS) is 13.8. The van der Waals surface area contributed by atoms with Crippen molar-refractivity contribution in [2.24, 2.45) is 5.41 Å². The Morgan fingerprint density at radius 2 is 1.82 bits per heavy atom. The number of Topliss-reactive ketones (excluding diaryl/α,β-unsaturated/α-hetero) is 1. The first kappa shape index (κ1) is 17.9. The molecule has 1 aromatic rings. The van der Waals surface area contributed by atoms with Gasteiger partial charge in [-0.3, -0.25) is 10.1 Å². The van der Waals surface area contributed by atoms with Gasteiger partial charge in [-0.05, 0) is 11.0 Å². The molecule has 0 aromatic heterocycles. The van der Waals surface area contributed by atoms with E-state index in [1.165, 1.54) is 7.11 Å². The molecule has 0 spiro atoms. The van der Waals surface area contributed by atoms with Crippen LogP contribution in [0.15, 0.2) is 30.3 Å². The van der Waals surface area contributed by atoms with Gasteiger partial charge in [-0.2, -0.15) is 5.26 Å². The first-order chi connectivity index (χ1) is 10.3. The van der Waals surface area contributed by atoms with Gasteiger partial charge in [-0.1, -0.05) is 51.1 Å². The van der Waals surface area contributed by atoms with Crippen LogP contribution >= 0.6 is 0 Å². The minimum absolute atomic E-state index is 0.324. The fraction of sp³-hybridized carbons (Fsp3) is 0.471. The third kappa shape index (κ3) is 3.52. The molecular formula is C17H22N2O3. The predicted octanol–water partition coefficient (Wildman–Crippen LogP) is 2.22. The van der Waals surface area contributed by atoms with Crippen LogP contribution in [-0.4, -0.2) is 24.4 Å². The fourth-order valence-electron chi connectivity index (χ4n) is 2.46. The molecule has 0 heterocycles. The summed E-state index contributed by atoms with van der Waals surface area (Å²) < 4.78 is 4.87. The van der Waals surface area contributed by atoms with Crippen LogP contribution in [-0.2, 0) is 20.9 Å². The van der Waals surface area contributed by atoms with Crippen LogP contribution in [0.5, 0.6) is 0 Å². The van der Waals surface area contributed by atoms with E-state index in [9.17, 15) is 9.59 Å². The zero-order valence-corrected chi connectivity index (χ0v) is 13.5. The lowest BCUT2D eigenvalue weighted by Crippen LogP contribution is -2.66. The number of hydrogen-bond acceptors (Lipinski definition) is 5. The SMILES string of the molecule is COC(=O)C(NCc1ccccc1)(C(=O)CC#N)C(C)(C)C. The lowest BCUT2D eigenvalue weighted by molar-refractivity contribution is -0.159. The Balaban J connectivity index is 3.22. The lowest BCUT2D eigenvalue weighted by atomic mass is 9.70. The maximum absolute atomic E-state index is 12.5. The second kappa shape index (κ2) is 7.19. The van der Waals surface area contributed by atoms with E-state index in [1.54, 1.807) is 20.8 Å². The van der Waals surface area contributed by atoms with Crippen LogP contribution in [0.4, 0.5) is 0 Å². The zero-order chi connectivity index (χ0) is 16.8. The van der Waals surface area contributed by atoms with Crippen LogP contribution in [0.2, 0.25) is 0 Å². The monoisotopic (exact) mass is 302 g/mol. The van der Waals surface area contributed by atoms with Crippen molar-refractivity contribution in [1.29, 1.82) is 5.26 Å². The fourth-order valence-corrected chi connectivity index (χ4v) is 2.46. The van der Waals surface area contributed by atoms with E-state index < -0.39 is 22.7 Å². The van der Waals surface area contributed by atoms with Gasteiger partial charge in [0, 0.05) is 6.54 Å². The number of nitrogens with zero attached hydrogens (tertiary/aromatic N) is 1. The summed E-state index contributed by atoms with van der Waals surface area (Å²) in [5.41, 5.74) is -1.37. The van der Waals surface area contributed by atoms with Gasteiger partial charge >= 0.3 is 5.97 Å². The van der Waals surface area contributed by atoms with E-state index in [-0.39, 0.29) is 6.42 Å². The van der Waals surface area contributed by atoms with Gasteiger partial charge < -0.3 is 4.74 Å². The Morgan fingerprint density at radius 3 is 2.27 bits per heavy atom. The van der Waals surface area contributed by atoms with Crippen LogP contribution < -0.4 is 5.32 Å². The summed E-state index contributed by atoms with van der Waals surface area (Å²) in [5.74, 6) is -1.15. The maximum atomic E-state index is 12.5. The van der Waals surface area contributed by atoms with E-state index in [0.717, 1.165) is 5.56 Å². The number of ketones is 1. The molecule has 0 radical (unpaired) electrons. The van der Waals surface area contributed by atoms with E-state index in [1.807, 2.05) is 36.4 Å². The summed E-state index contributed by atoms with van der Waals surface area (Å²) in [7, 11) is 1.24. The summed E-state index contributed by atoms with van der Waals surface area (Å²) in [6.07, 6.45) is -0.353. The minimum atomic E-state index is -1.56. The Morgan fingerprint density at radius 1 is 1.23 bits per heavy atom. The zero-order valence-electron chi connectivity index (χ0n) is 13.5. The van der Waals surface area contributed by atoms with Crippen molar-refractivity contribution in [2.75, 3.05) is 7.11 Å². The number of nitriles is 1. The van der Waals surface area contributed by atoms with Crippen molar-refractivity contribution in [1.82, 2.24) is 5.32 Å². The first-order valence-electron chi connectivity index (χ1n) is 7.07. The number of rotatable bonds is 6. The van der Waals surface area contributed by atoms with E-state index in [0.29, 0.717) is 6.54 Å². The third-order valence-electron chi connectivity index (χ3n) is 3.67. The number of carbonyl (C=O) groups excluding carboxylic acids is 2. The second-order valence-electron chi connectivity index (χ2n) is 6.09. The van der Waals surface area contributed by atoms with Crippen LogP contribution in [0.1, 0.15) is 32.8 Å². The van der Waals surface area contributed by atoms with Crippen molar-refractivity contribution in [3.8, 4) is 6.07 Å². The number of carbonyl (C=O) groups is 2. The van der Waals surface area contributed by atoms with E-state index in [2.05, 4.69) is 5.32 Å². The lowest BCUT2D eigenvalue weighted by Gasteiger charge is -2.41. The Labute approximate surface area is 131 Å². The summed E-state index contributed by atoms with van der Waals surface area (Å²) in [5, 5.41) is 11.9. The highest BCUT2D eigenvalue weighted by Gasteiger charge is 2.55. The first-order valence-corrected chi connectivity index (χ1v) is 7.07. The molecule has 0 saturated heterocycles. The Bertz CT molecular complexity index is 570. The molecule has 5 nitrogen and oxygen atoms in total. The van der Waals surface area contributed by atoms with Gasteiger partial charge in [0.2, 0.25) is 0 Å². The average Bonchev–Trinajstić information content (AvgIpc) is 2.47. The van der Waals surface area contributed by atoms with Crippen molar-refractivity contribution in [3.63, 3.8) is 0 Å². The van der Waals surface area contributed by atoms with Crippen molar-refractivity contribution in [3.05, 3.63) is 35.9 Å². The number of benzene rings is 1. The number of hydrogen-bond donors (Lipinski definition) is 1. The van der Waals surface area contributed by atoms with Gasteiger partial charge in [0.05, 0.1) is 19.6 Å². The molecule has 5 heteroatoms. The topological polar surface area (TPSA) is 79.2 Å². The van der Waals surface area contributed by atoms with Gasteiger partial charge in [0.1, 0.15) is 0 Å². The highest BCUT2D eigenvalue weighted by atomic mass is 16.5. The summed E-state index contributed by atoms with van der Waals surface area (Å²) in [4.78, 5) is 25.0. The summed E-state index contributed by atoms with van der Waals surface area (Å²) in [6.45, 7) is 5.65. The Kier molecular flexibility index (Phi) is 5.84. The second-order valence-corrected chi connectivity index (χ2v) is 6.09.